The third-order valence-electron chi connectivity index (χ3n) is 3.19. The van der Waals surface area contributed by atoms with Gasteiger partial charge in [0.25, 0.3) is 0 Å². The van der Waals surface area contributed by atoms with Crippen LogP contribution in [0, 0.1) is 0 Å². The van der Waals surface area contributed by atoms with Gasteiger partial charge in [0, 0.05) is 5.56 Å². The van der Waals surface area contributed by atoms with Gasteiger partial charge >= 0.3 is 0 Å². The van der Waals surface area contributed by atoms with Crippen LogP contribution in [0.1, 0.15) is 24.2 Å². The number of rotatable bonds is 7. The number of benzene rings is 2. The molecule has 0 amide bonds. The van der Waals surface area contributed by atoms with Crippen molar-refractivity contribution in [3.8, 4) is 5.75 Å². The van der Waals surface area contributed by atoms with E-state index in [9.17, 15) is 5.11 Å². The average molecular weight is 272 g/mol. The van der Waals surface area contributed by atoms with Crippen LogP contribution in [0.15, 0.2) is 54.6 Å². The smallest absolute Gasteiger partial charge is 0.128 e. The summed E-state index contributed by atoms with van der Waals surface area (Å²) in [5.74, 6) is 0.903. The number of quaternary nitrogens is 1. The Bertz CT molecular complexity index is 496. The number of aliphatic hydroxyl groups excluding tert-OH is 1. The van der Waals surface area contributed by atoms with E-state index in [0.29, 0.717) is 13.2 Å². The van der Waals surface area contributed by atoms with E-state index in [4.69, 9.17) is 4.74 Å². The molecule has 2 aromatic rings. The lowest BCUT2D eigenvalue weighted by molar-refractivity contribution is -0.677. The van der Waals surface area contributed by atoms with Crippen LogP contribution in [-0.4, -0.2) is 18.3 Å². The number of ether oxygens (including phenoxy) is 1. The Morgan fingerprint density at radius 1 is 1.05 bits per heavy atom. The molecule has 0 heterocycles. The maximum atomic E-state index is 10.1. The van der Waals surface area contributed by atoms with E-state index in [1.165, 1.54) is 5.56 Å². The molecule has 106 valence electrons. The van der Waals surface area contributed by atoms with Gasteiger partial charge in [-0.05, 0) is 36.8 Å². The first kappa shape index (κ1) is 14.6. The topological polar surface area (TPSA) is 46.1 Å². The summed E-state index contributed by atoms with van der Waals surface area (Å²) in [5, 5.41) is 12.2. The lowest BCUT2D eigenvalue weighted by atomic mass is 10.1. The first-order valence-corrected chi connectivity index (χ1v) is 7.06. The second kappa shape index (κ2) is 7.68. The highest BCUT2D eigenvalue weighted by molar-refractivity contribution is 5.26. The van der Waals surface area contributed by atoms with Gasteiger partial charge in [0.1, 0.15) is 24.9 Å². The first-order chi connectivity index (χ1) is 9.79. The van der Waals surface area contributed by atoms with Crippen molar-refractivity contribution in [2.45, 2.75) is 19.6 Å². The molecule has 0 aromatic heterocycles. The molecular weight excluding hydrogens is 250 g/mol. The predicted octanol–water partition coefficient (Wildman–Crippen LogP) is 1.88. The van der Waals surface area contributed by atoms with Crippen LogP contribution in [0.3, 0.4) is 0 Å². The number of hydrogen-bond donors (Lipinski definition) is 2. The largest absolute Gasteiger partial charge is 0.494 e. The molecule has 0 saturated heterocycles. The van der Waals surface area contributed by atoms with Crippen molar-refractivity contribution < 1.29 is 15.2 Å². The minimum Gasteiger partial charge on any atom is -0.494 e. The molecule has 0 saturated carbocycles. The van der Waals surface area contributed by atoms with E-state index in [2.05, 4.69) is 17.4 Å². The molecule has 0 aliphatic rings. The van der Waals surface area contributed by atoms with Gasteiger partial charge < -0.3 is 15.2 Å². The second-order valence-corrected chi connectivity index (χ2v) is 4.73. The predicted molar refractivity (Wildman–Crippen MR) is 79.5 cm³/mol. The van der Waals surface area contributed by atoms with E-state index in [1.54, 1.807) is 0 Å². The van der Waals surface area contributed by atoms with Gasteiger partial charge in [0.2, 0.25) is 0 Å². The van der Waals surface area contributed by atoms with Crippen molar-refractivity contribution in [3.05, 3.63) is 65.7 Å². The van der Waals surface area contributed by atoms with Crippen molar-refractivity contribution in [3.63, 3.8) is 0 Å². The Morgan fingerprint density at radius 3 is 2.40 bits per heavy atom. The normalized spacial score (nSPS) is 12.1. The summed E-state index contributed by atoms with van der Waals surface area (Å²) in [6.07, 6.45) is -0.418. The molecule has 3 N–H and O–H groups in total. The molecule has 20 heavy (non-hydrogen) atoms. The summed E-state index contributed by atoms with van der Waals surface area (Å²) < 4.78 is 5.41. The molecule has 0 spiro atoms. The third kappa shape index (κ3) is 4.37. The minimum atomic E-state index is -0.418. The molecule has 3 heteroatoms. The average Bonchev–Trinajstić information content (AvgIpc) is 2.50. The zero-order valence-electron chi connectivity index (χ0n) is 11.8. The molecule has 0 bridgehead atoms. The molecule has 0 radical (unpaired) electrons. The fourth-order valence-corrected chi connectivity index (χ4v) is 2.11. The highest BCUT2D eigenvalue weighted by atomic mass is 16.5. The van der Waals surface area contributed by atoms with Gasteiger partial charge in [-0.15, -0.1) is 0 Å². The quantitative estimate of drug-likeness (QED) is 0.808. The lowest BCUT2D eigenvalue weighted by Crippen LogP contribution is -2.83. The van der Waals surface area contributed by atoms with Crippen LogP contribution in [-0.2, 0) is 6.54 Å². The third-order valence-corrected chi connectivity index (χ3v) is 3.19. The van der Waals surface area contributed by atoms with E-state index in [1.807, 2.05) is 49.4 Å². The monoisotopic (exact) mass is 272 g/mol. The Hall–Kier alpha value is -1.84. The Balaban J connectivity index is 1.78. The minimum absolute atomic E-state index is 0.418. The Morgan fingerprint density at radius 2 is 1.75 bits per heavy atom. The number of aliphatic hydroxyl groups is 1. The molecule has 0 aliphatic carbocycles. The van der Waals surface area contributed by atoms with Crippen LogP contribution >= 0.6 is 0 Å². The molecule has 0 unspecified atom stereocenters. The molecule has 2 rings (SSSR count). The SMILES string of the molecule is CCOc1ccc(C[NH2+]C[C@@H](O)c2ccccc2)cc1. The van der Waals surface area contributed by atoms with Crippen LogP contribution in [0.25, 0.3) is 0 Å². The summed E-state index contributed by atoms with van der Waals surface area (Å²) in [6.45, 7) is 4.19. The van der Waals surface area contributed by atoms with Gasteiger partial charge in [-0.3, -0.25) is 0 Å². The van der Waals surface area contributed by atoms with E-state index >= 15 is 0 Å². The van der Waals surface area contributed by atoms with Crippen LogP contribution in [0.2, 0.25) is 0 Å². The van der Waals surface area contributed by atoms with Crippen LogP contribution in [0.5, 0.6) is 5.75 Å². The number of hydrogen-bond acceptors (Lipinski definition) is 2. The second-order valence-electron chi connectivity index (χ2n) is 4.73. The van der Waals surface area contributed by atoms with E-state index < -0.39 is 6.10 Å². The molecule has 0 fully saturated rings. The van der Waals surface area contributed by atoms with Gasteiger partial charge in [0.15, 0.2) is 0 Å². The van der Waals surface area contributed by atoms with Crippen molar-refractivity contribution >= 4 is 0 Å². The maximum absolute atomic E-state index is 10.1. The van der Waals surface area contributed by atoms with Gasteiger partial charge in [-0.2, -0.15) is 0 Å². The fraction of sp³-hybridized carbons (Fsp3) is 0.294. The summed E-state index contributed by atoms with van der Waals surface area (Å²) in [6, 6.07) is 17.9. The fourth-order valence-electron chi connectivity index (χ4n) is 2.11. The first-order valence-electron chi connectivity index (χ1n) is 7.06. The van der Waals surface area contributed by atoms with Crippen molar-refractivity contribution in [2.75, 3.05) is 13.2 Å². The Kier molecular flexibility index (Phi) is 5.59. The summed E-state index contributed by atoms with van der Waals surface area (Å²) in [7, 11) is 0. The summed E-state index contributed by atoms with van der Waals surface area (Å²) in [4.78, 5) is 0. The zero-order chi connectivity index (χ0) is 14.2. The van der Waals surface area contributed by atoms with Crippen LogP contribution < -0.4 is 10.1 Å². The number of nitrogens with two attached hydrogens (primary N) is 1. The van der Waals surface area contributed by atoms with Crippen molar-refractivity contribution in [2.24, 2.45) is 0 Å². The molecular formula is C17H22NO2+. The van der Waals surface area contributed by atoms with Crippen molar-refractivity contribution in [1.29, 1.82) is 0 Å². The highest BCUT2D eigenvalue weighted by Gasteiger charge is 2.08. The lowest BCUT2D eigenvalue weighted by Gasteiger charge is -2.10. The molecule has 1 atom stereocenters. The highest BCUT2D eigenvalue weighted by Crippen LogP contribution is 2.12. The maximum Gasteiger partial charge on any atom is 0.128 e. The molecule has 0 aliphatic heterocycles. The standard InChI is InChI=1S/C17H21NO2/c1-2-20-16-10-8-14(9-11-16)12-18-13-17(19)15-6-4-3-5-7-15/h3-11,17-19H,2,12-13H2,1H3/p+1/t17-/m1/s1. The zero-order valence-corrected chi connectivity index (χ0v) is 11.8. The molecule has 2 aromatic carbocycles. The van der Waals surface area contributed by atoms with E-state index in [-0.39, 0.29) is 0 Å². The summed E-state index contributed by atoms with van der Waals surface area (Å²) >= 11 is 0. The Labute approximate surface area is 120 Å². The van der Waals surface area contributed by atoms with Crippen molar-refractivity contribution in [1.82, 2.24) is 0 Å². The van der Waals surface area contributed by atoms with Gasteiger partial charge in [-0.25, -0.2) is 0 Å². The van der Waals surface area contributed by atoms with Crippen LogP contribution in [0.4, 0.5) is 0 Å². The van der Waals surface area contributed by atoms with Gasteiger partial charge in [-0.1, -0.05) is 30.3 Å². The van der Waals surface area contributed by atoms with E-state index in [0.717, 1.165) is 17.9 Å². The van der Waals surface area contributed by atoms with Gasteiger partial charge in [0.05, 0.1) is 6.61 Å². The summed E-state index contributed by atoms with van der Waals surface area (Å²) in [5.41, 5.74) is 2.20. The molecule has 3 nitrogen and oxygen atoms in total.